The van der Waals surface area contributed by atoms with Crippen molar-refractivity contribution in [1.82, 2.24) is 9.38 Å². The van der Waals surface area contributed by atoms with Gasteiger partial charge < -0.3 is 9.72 Å². The van der Waals surface area contributed by atoms with Crippen LogP contribution in [0.2, 0.25) is 0 Å². The van der Waals surface area contributed by atoms with Crippen LogP contribution < -0.4 is 5.32 Å². The summed E-state index contributed by atoms with van der Waals surface area (Å²) < 4.78 is 15.6. The molecular formula is C23H19FN4O3. The number of imidazole rings is 1. The monoisotopic (exact) mass is 418 g/mol. The van der Waals surface area contributed by atoms with Gasteiger partial charge in [0.1, 0.15) is 11.5 Å². The number of nitrogens with zero attached hydrogens (tertiary/aromatic N) is 3. The number of nitro benzene ring substituents is 1. The zero-order valence-corrected chi connectivity index (χ0v) is 16.9. The number of benzene rings is 2. The molecule has 0 bridgehead atoms. The maximum atomic E-state index is 13.8. The van der Waals surface area contributed by atoms with Gasteiger partial charge in [0.05, 0.1) is 22.7 Å². The minimum atomic E-state index is -0.516. The van der Waals surface area contributed by atoms with Crippen molar-refractivity contribution in [2.24, 2.45) is 0 Å². The molecule has 4 rings (SSSR count). The average molecular weight is 418 g/mol. The molecule has 2 heterocycles. The van der Waals surface area contributed by atoms with Gasteiger partial charge in [0.25, 0.3) is 5.69 Å². The molecule has 1 amide bonds. The Hall–Kier alpha value is -4.07. The number of nitro groups is 1. The van der Waals surface area contributed by atoms with Gasteiger partial charge in [0.15, 0.2) is 0 Å². The first kappa shape index (κ1) is 20.2. The highest BCUT2D eigenvalue weighted by molar-refractivity contribution is 5.93. The highest BCUT2D eigenvalue weighted by Gasteiger charge is 2.18. The third kappa shape index (κ3) is 4.13. The third-order valence-electron chi connectivity index (χ3n) is 4.97. The normalized spacial score (nSPS) is 10.9. The topological polar surface area (TPSA) is 89.5 Å². The maximum Gasteiger partial charge on any atom is 0.271 e. The first-order valence-electron chi connectivity index (χ1n) is 9.60. The Bertz CT molecular complexity index is 1330. The summed E-state index contributed by atoms with van der Waals surface area (Å²) in [7, 11) is 0. The van der Waals surface area contributed by atoms with Crippen molar-refractivity contribution in [2.45, 2.75) is 20.3 Å². The molecule has 2 aromatic heterocycles. The van der Waals surface area contributed by atoms with Crippen molar-refractivity contribution in [3.8, 4) is 11.3 Å². The summed E-state index contributed by atoms with van der Waals surface area (Å²) in [4.78, 5) is 27.9. The number of anilines is 1. The lowest BCUT2D eigenvalue weighted by Gasteiger charge is -2.08. The molecule has 0 aliphatic carbocycles. The molecule has 7 nitrogen and oxygen atoms in total. The van der Waals surface area contributed by atoms with Crippen LogP contribution in [0.25, 0.3) is 16.9 Å². The fraction of sp³-hybridized carbons (Fsp3) is 0.130. The Balaban J connectivity index is 1.72. The van der Waals surface area contributed by atoms with Crippen LogP contribution in [0.4, 0.5) is 15.8 Å². The number of nitrogens with one attached hydrogen (secondary N) is 1. The van der Waals surface area contributed by atoms with E-state index in [1.807, 2.05) is 29.7 Å². The van der Waals surface area contributed by atoms with E-state index in [1.54, 1.807) is 25.1 Å². The van der Waals surface area contributed by atoms with Crippen molar-refractivity contribution >= 4 is 22.9 Å². The summed E-state index contributed by atoms with van der Waals surface area (Å²) in [5.74, 6) is -0.655. The van der Waals surface area contributed by atoms with Crippen LogP contribution in [0.1, 0.15) is 16.8 Å². The zero-order chi connectivity index (χ0) is 22.1. The number of halogens is 1. The Labute approximate surface area is 177 Å². The molecular weight excluding hydrogens is 399 g/mol. The SMILES string of the molecule is Cc1ccc2nc(-c3ccc(F)c(C)c3)c(CC(=O)Nc3cccc([N+](=O)[O-])c3)n2c1. The van der Waals surface area contributed by atoms with Gasteiger partial charge in [-0.2, -0.15) is 0 Å². The molecule has 0 unspecified atom stereocenters. The summed E-state index contributed by atoms with van der Waals surface area (Å²) >= 11 is 0. The van der Waals surface area contributed by atoms with E-state index >= 15 is 0 Å². The van der Waals surface area contributed by atoms with Crippen LogP contribution in [-0.4, -0.2) is 20.2 Å². The zero-order valence-electron chi connectivity index (χ0n) is 16.9. The van der Waals surface area contributed by atoms with Gasteiger partial charge in [-0.05, 0) is 55.3 Å². The summed E-state index contributed by atoms with van der Waals surface area (Å²) in [6.07, 6.45) is 1.87. The lowest BCUT2D eigenvalue weighted by Crippen LogP contribution is -2.16. The number of carbonyl (C=O) groups is 1. The summed E-state index contributed by atoms with van der Waals surface area (Å²) in [5, 5.41) is 13.7. The van der Waals surface area contributed by atoms with Gasteiger partial charge in [-0.25, -0.2) is 9.37 Å². The van der Waals surface area contributed by atoms with Crippen molar-refractivity contribution in [2.75, 3.05) is 5.32 Å². The lowest BCUT2D eigenvalue weighted by molar-refractivity contribution is -0.384. The highest BCUT2D eigenvalue weighted by atomic mass is 19.1. The van der Waals surface area contributed by atoms with Gasteiger partial charge in [-0.1, -0.05) is 12.1 Å². The molecule has 0 saturated carbocycles. The number of aryl methyl sites for hydroxylation is 2. The van der Waals surface area contributed by atoms with Gasteiger partial charge in [0.2, 0.25) is 5.91 Å². The van der Waals surface area contributed by atoms with Gasteiger partial charge in [-0.15, -0.1) is 0 Å². The van der Waals surface area contributed by atoms with Crippen LogP contribution in [0.3, 0.4) is 0 Å². The molecule has 0 fully saturated rings. The number of hydrogen-bond donors (Lipinski definition) is 1. The predicted molar refractivity (Wildman–Crippen MR) is 115 cm³/mol. The summed E-state index contributed by atoms with van der Waals surface area (Å²) in [6, 6.07) is 14.3. The Morgan fingerprint density at radius 2 is 1.97 bits per heavy atom. The number of amides is 1. The van der Waals surface area contributed by atoms with E-state index in [2.05, 4.69) is 10.3 Å². The molecule has 0 saturated heterocycles. The minimum Gasteiger partial charge on any atom is -0.325 e. The van der Waals surface area contributed by atoms with Crippen molar-refractivity contribution in [3.05, 3.63) is 93.5 Å². The largest absolute Gasteiger partial charge is 0.325 e. The maximum absolute atomic E-state index is 13.8. The standard InChI is InChI=1S/C23H19FN4O3/c1-14-6-9-21-26-23(16-7-8-19(24)15(2)10-16)20(27(21)13-14)12-22(29)25-17-4-3-5-18(11-17)28(30)31/h3-11,13H,12H2,1-2H3,(H,25,29). The summed E-state index contributed by atoms with van der Waals surface area (Å²) in [5.41, 5.74) is 4.31. The lowest BCUT2D eigenvalue weighted by atomic mass is 10.1. The smallest absolute Gasteiger partial charge is 0.271 e. The van der Waals surface area contributed by atoms with Crippen LogP contribution in [0, 0.1) is 29.8 Å². The number of hydrogen-bond acceptors (Lipinski definition) is 4. The van der Waals surface area contributed by atoms with E-state index in [4.69, 9.17) is 0 Å². The number of non-ortho nitro benzene ring substituents is 1. The molecule has 4 aromatic rings. The van der Waals surface area contributed by atoms with Crippen LogP contribution in [-0.2, 0) is 11.2 Å². The molecule has 0 spiro atoms. The fourth-order valence-corrected chi connectivity index (χ4v) is 3.45. The summed E-state index contributed by atoms with van der Waals surface area (Å²) in [6.45, 7) is 3.61. The Kier molecular flexibility index (Phi) is 5.21. The predicted octanol–water partition coefficient (Wildman–Crippen LogP) is 4.85. The molecule has 0 aliphatic heterocycles. The van der Waals surface area contributed by atoms with Gasteiger partial charge >= 0.3 is 0 Å². The molecule has 0 aliphatic rings. The number of aromatic nitrogens is 2. The second kappa shape index (κ2) is 7.98. The number of fused-ring (bicyclic) bond motifs is 1. The second-order valence-corrected chi connectivity index (χ2v) is 7.34. The van der Waals surface area contributed by atoms with Crippen LogP contribution in [0.15, 0.2) is 60.8 Å². The van der Waals surface area contributed by atoms with E-state index in [9.17, 15) is 19.3 Å². The van der Waals surface area contributed by atoms with Gasteiger partial charge in [-0.3, -0.25) is 14.9 Å². The van der Waals surface area contributed by atoms with E-state index in [0.29, 0.717) is 33.8 Å². The Morgan fingerprint density at radius 3 is 2.71 bits per heavy atom. The molecule has 156 valence electrons. The second-order valence-electron chi connectivity index (χ2n) is 7.34. The molecule has 8 heteroatoms. The van der Waals surface area contributed by atoms with Crippen LogP contribution >= 0.6 is 0 Å². The highest BCUT2D eigenvalue weighted by Crippen LogP contribution is 2.27. The fourth-order valence-electron chi connectivity index (χ4n) is 3.45. The van der Waals surface area contributed by atoms with E-state index in [-0.39, 0.29) is 23.8 Å². The number of rotatable bonds is 5. The number of carbonyl (C=O) groups excluding carboxylic acids is 1. The molecule has 0 radical (unpaired) electrons. The first-order chi connectivity index (χ1) is 14.8. The van der Waals surface area contributed by atoms with Crippen molar-refractivity contribution in [3.63, 3.8) is 0 Å². The van der Waals surface area contributed by atoms with E-state index in [0.717, 1.165) is 5.56 Å². The van der Waals surface area contributed by atoms with Crippen molar-refractivity contribution in [1.29, 1.82) is 0 Å². The van der Waals surface area contributed by atoms with E-state index in [1.165, 1.54) is 24.3 Å². The first-order valence-corrected chi connectivity index (χ1v) is 9.60. The third-order valence-corrected chi connectivity index (χ3v) is 4.97. The average Bonchev–Trinajstić information content (AvgIpc) is 3.07. The number of pyridine rings is 1. The van der Waals surface area contributed by atoms with Crippen LogP contribution in [0.5, 0.6) is 0 Å². The molecule has 31 heavy (non-hydrogen) atoms. The van der Waals surface area contributed by atoms with Gasteiger partial charge in [0, 0.05) is 29.6 Å². The minimum absolute atomic E-state index is 0.0148. The molecule has 2 aromatic carbocycles. The quantitative estimate of drug-likeness (QED) is 0.371. The van der Waals surface area contributed by atoms with E-state index < -0.39 is 4.92 Å². The Morgan fingerprint density at radius 1 is 1.16 bits per heavy atom. The van der Waals surface area contributed by atoms with Crippen molar-refractivity contribution < 1.29 is 14.1 Å². The molecule has 0 atom stereocenters. The molecule has 1 N–H and O–H groups in total.